The van der Waals surface area contributed by atoms with Crippen molar-refractivity contribution in [1.29, 1.82) is 0 Å². The minimum atomic E-state index is -4.19. The monoisotopic (exact) mass is 251 g/mol. The zero-order chi connectivity index (χ0) is 12.9. The maximum absolute atomic E-state index is 12.0. The van der Waals surface area contributed by atoms with E-state index in [1.807, 2.05) is 13.8 Å². The summed E-state index contributed by atoms with van der Waals surface area (Å²) in [7, 11) is 0. The van der Waals surface area contributed by atoms with E-state index in [0.717, 1.165) is 6.54 Å². The van der Waals surface area contributed by atoms with Crippen molar-refractivity contribution < 1.29 is 13.2 Å². The Labute approximate surface area is 97.4 Å². The number of aryl methyl sites for hydroxylation is 1. The topological polar surface area (TPSA) is 55.6 Å². The van der Waals surface area contributed by atoms with Crippen LogP contribution in [0.3, 0.4) is 0 Å². The van der Waals surface area contributed by atoms with Crippen LogP contribution in [0.1, 0.15) is 26.1 Å². The number of hydrogen-bond acceptors (Lipinski definition) is 4. The SMILES string of the molecule is CC(C)CNCc1nnnn1CCC(F)(F)F. The molecule has 98 valence electrons. The van der Waals surface area contributed by atoms with Gasteiger partial charge in [0, 0.05) is 0 Å². The molecule has 0 fully saturated rings. The fraction of sp³-hybridized carbons (Fsp3) is 0.889. The number of hydrogen-bond donors (Lipinski definition) is 1. The Morgan fingerprint density at radius 1 is 1.35 bits per heavy atom. The van der Waals surface area contributed by atoms with Crippen molar-refractivity contribution in [1.82, 2.24) is 25.5 Å². The Kier molecular flexibility index (Phi) is 4.86. The highest BCUT2D eigenvalue weighted by Crippen LogP contribution is 2.20. The summed E-state index contributed by atoms with van der Waals surface area (Å²) in [6.45, 7) is 4.99. The number of rotatable bonds is 6. The van der Waals surface area contributed by atoms with Crippen molar-refractivity contribution in [3.63, 3.8) is 0 Å². The summed E-state index contributed by atoms with van der Waals surface area (Å²) in [5.74, 6) is 0.893. The fourth-order valence-corrected chi connectivity index (χ4v) is 1.23. The molecule has 1 aromatic rings. The maximum atomic E-state index is 12.0. The standard InChI is InChI=1S/C9H16F3N5/c1-7(2)5-13-6-8-14-15-16-17(8)4-3-9(10,11)12/h7,13H,3-6H2,1-2H3. The van der Waals surface area contributed by atoms with Gasteiger partial charge in [0.15, 0.2) is 5.82 Å². The Bertz CT molecular complexity index is 334. The molecule has 0 saturated heterocycles. The van der Waals surface area contributed by atoms with Crippen LogP contribution < -0.4 is 5.32 Å². The predicted molar refractivity (Wildman–Crippen MR) is 55.0 cm³/mol. The van der Waals surface area contributed by atoms with Gasteiger partial charge in [0.05, 0.1) is 19.5 Å². The van der Waals surface area contributed by atoms with Crippen molar-refractivity contribution >= 4 is 0 Å². The van der Waals surface area contributed by atoms with Crippen LogP contribution in [0.15, 0.2) is 0 Å². The second kappa shape index (κ2) is 5.95. The lowest BCUT2D eigenvalue weighted by molar-refractivity contribution is -0.137. The average molecular weight is 251 g/mol. The normalized spacial score (nSPS) is 12.4. The molecule has 0 radical (unpaired) electrons. The molecule has 1 aromatic heterocycles. The van der Waals surface area contributed by atoms with Gasteiger partial charge >= 0.3 is 6.18 Å². The molecule has 0 bridgehead atoms. The number of aromatic nitrogens is 4. The first-order chi connectivity index (χ1) is 7.88. The zero-order valence-electron chi connectivity index (χ0n) is 9.83. The van der Waals surface area contributed by atoms with Gasteiger partial charge in [-0.15, -0.1) is 5.10 Å². The molecule has 5 nitrogen and oxygen atoms in total. The molecular weight excluding hydrogens is 235 g/mol. The van der Waals surface area contributed by atoms with Crippen LogP contribution in [0.4, 0.5) is 13.2 Å². The van der Waals surface area contributed by atoms with Crippen LogP contribution in [0.2, 0.25) is 0 Å². The van der Waals surface area contributed by atoms with Crippen molar-refractivity contribution in [2.45, 2.75) is 39.5 Å². The summed E-state index contributed by atoms with van der Waals surface area (Å²) in [4.78, 5) is 0. The smallest absolute Gasteiger partial charge is 0.310 e. The first-order valence-electron chi connectivity index (χ1n) is 5.41. The Morgan fingerprint density at radius 2 is 2.06 bits per heavy atom. The van der Waals surface area contributed by atoms with Gasteiger partial charge in [-0.1, -0.05) is 13.8 Å². The second-order valence-electron chi connectivity index (χ2n) is 4.21. The minimum absolute atomic E-state index is 0.241. The summed E-state index contributed by atoms with van der Waals surface area (Å²) in [5.41, 5.74) is 0. The van der Waals surface area contributed by atoms with E-state index in [1.54, 1.807) is 0 Å². The van der Waals surface area contributed by atoms with E-state index >= 15 is 0 Å². The van der Waals surface area contributed by atoms with Gasteiger partial charge < -0.3 is 5.32 Å². The number of halogens is 3. The molecule has 0 spiro atoms. The van der Waals surface area contributed by atoms with Crippen LogP contribution in [0.5, 0.6) is 0 Å². The summed E-state index contributed by atoms with van der Waals surface area (Å²) in [6, 6.07) is 0. The Balaban J connectivity index is 2.43. The zero-order valence-corrected chi connectivity index (χ0v) is 9.83. The molecule has 1 N–H and O–H groups in total. The Hall–Kier alpha value is -1.18. The van der Waals surface area contributed by atoms with Gasteiger partial charge in [-0.3, -0.25) is 0 Å². The van der Waals surface area contributed by atoms with E-state index < -0.39 is 12.6 Å². The molecule has 8 heteroatoms. The summed E-state index contributed by atoms with van der Waals surface area (Å²) in [6.07, 6.45) is -5.11. The van der Waals surface area contributed by atoms with E-state index in [4.69, 9.17) is 0 Å². The second-order valence-corrected chi connectivity index (χ2v) is 4.21. The molecule has 0 unspecified atom stereocenters. The van der Waals surface area contributed by atoms with Crippen molar-refractivity contribution in [2.75, 3.05) is 6.54 Å². The van der Waals surface area contributed by atoms with Crippen molar-refractivity contribution in [3.05, 3.63) is 5.82 Å². The molecule has 0 aliphatic rings. The highest BCUT2D eigenvalue weighted by molar-refractivity contribution is 4.80. The quantitative estimate of drug-likeness (QED) is 0.829. The van der Waals surface area contributed by atoms with E-state index in [0.29, 0.717) is 18.3 Å². The Morgan fingerprint density at radius 3 is 2.65 bits per heavy atom. The van der Waals surface area contributed by atoms with Crippen molar-refractivity contribution in [3.8, 4) is 0 Å². The first kappa shape index (κ1) is 13.9. The third-order valence-electron chi connectivity index (χ3n) is 2.05. The van der Waals surface area contributed by atoms with E-state index in [1.165, 1.54) is 4.68 Å². The van der Waals surface area contributed by atoms with Crippen LogP contribution in [-0.2, 0) is 13.1 Å². The highest BCUT2D eigenvalue weighted by atomic mass is 19.4. The number of tetrazole rings is 1. The van der Waals surface area contributed by atoms with Crippen molar-refractivity contribution in [2.24, 2.45) is 5.92 Å². The minimum Gasteiger partial charge on any atom is -0.310 e. The molecule has 1 rings (SSSR count). The maximum Gasteiger partial charge on any atom is 0.390 e. The van der Waals surface area contributed by atoms with Gasteiger partial charge in [0.25, 0.3) is 0 Å². The van der Waals surface area contributed by atoms with Gasteiger partial charge in [0.2, 0.25) is 0 Å². The van der Waals surface area contributed by atoms with E-state index in [-0.39, 0.29) is 6.54 Å². The van der Waals surface area contributed by atoms with Crippen LogP contribution in [0.25, 0.3) is 0 Å². The van der Waals surface area contributed by atoms with Gasteiger partial charge in [0.1, 0.15) is 0 Å². The summed E-state index contributed by atoms with van der Waals surface area (Å²) >= 11 is 0. The third-order valence-corrected chi connectivity index (χ3v) is 2.05. The molecule has 0 amide bonds. The lowest BCUT2D eigenvalue weighted by atomic mass is 10.2. The summed E-state index contributed by atoms with van der Waals surface area (Å²) in [5, 5.41) is 13.7. The van der Waals surface area contributed by atoms with E-state index in [2.05, 4.69) is 20.8 Å². The molecular formula is C9H16F3N5. The molecule has 1 heterocycles. The molecule has 0 aromatic carbocycles. The van der Waals surface area contributed by atoms with E-state index in [9.17, 15) is 13.2 Å². The fourth-order valence-electron chi connectivity index (χ4n) is 1.23. The molecule has 17 heavy (non-hydrogen) atoms. The summed E-state index contributed by atoms with van der Waals surface area (Å²) < 4.78 is 37.3. The van der Waals surface area contributed by atoms with Crippen LogP contribution in [-0.4, -0.2) is 32.9 Å². The van der Waals surface area contributed by atoms with Crippen LogP contribution in [0, 0.1) is 5.92 Å². The lowest BCUT2D eigenvalue weighted by Crippen LogP contribution is -2.22. The molecule has 0 aliphatic heterocycles. The lowest BCUT2D eigenvalue weighted by Gasteiger charge is -2.09. The predicted octanol–water partition coefficient (Wildman–Crippen LogP) is 1.37. The number of nitrogens with zero attached hydrogens (tertiary/aromatic N) is 4. The largest absolute Gasteiger partial charge is 0.390 e. The number of nitrogens with one attached hydrogen (secondary N) is 1. The molecule has 0 saturated carbocycles. The van der Waals surface area contributed by atoms with Crippen LogP contribution >= 0.6 is 0 Å². The molecule has 0 aliphatic carbocycles. The molecule has 0 atom stereocenters. The van der Waals surface area contributed by atoms with Gasteiger partial charge in [-0.2, -0.15) is 13.2 Å². The van der Waals surface area contributed by atoms with Gasteiger partial charge in [-0.05, 0) is 22.9 Å². The average Bonchev–Trinajstić information content (AvgIpc) is 2.61. The van der Waals surface area contributed by atoms with Gasteiger partial charge in [-0.25, -0.2) is 4.68 Å². The third kappa shape index (κ3) is 5.62. The number of alkyl halides is 3. The highest BCUT2D eigenvalue weighted by Gasteiger charge is 2.27. The first-order valence-corrected chi connectivity index (χ1v) is 5.41.